The third kappa shape index (κ3) is 2.92. The first-order valence-corrected chi connectivity index (χ1v) is 6.26. The van der Waals surface area contributed by atoms with Crippen molar-refractivity contribution in [3.05, 3.63) is 45.7 Å². The average molecular weight is 285 g/mol. The second kappa shape index (κ2) is 5.11. The maximum absolute atomic E-state index is 13.6. The Morgan fingerprint density at radius 1 is 1.44 bits per heavy atom. The number of allylic oxidation sites excluding steroid dienone is 1. The molecule has 0 aliphatic heterocycles. The smallest absolute Gasteiger partial charge is 0.127 e. The zero-order valence-corrected chi connectivity index (χ0v) is 10.5. The fourth-order valence-corrected chi connectivity index (χ4v) is 2.37. The van der Waals surface area contributed by atoms with E-state index in [0.29, 0.717) is 12.0 Å². The van der Waals surface area contributed by atoms with E-state index in [2.05, 4.69) is 15.9 Å². The lowest BCUT2D eigenvalue weighted by Crippen LogP contribution is -2.10. The predicted octanol–water partition coefficient (Wildman–Crippen LogP) is 3.60. The van der Waals surface area contributed by atoms with E-state index < -0.39 is 0 Å². The minimum atomic E-state index is -0.345. The van der Waals surface area contributed by atoms with E-state index in [1.807, 2.05) is 12.1 Å². The molecular formula is C13H14BrFO. The highest BCUT2D eigenvalue weighted by molar-refractivity contribution is 9.10. The molecule has 1 aromatic rings. The van der Waals surface area contributed by atoms with Crippen molar-refractivity contribution < 1.29 is 9.50 Å². The van der Waals surface area contributed by atoms with Gasteiger partial charge in [-0.05, 0) is 43.4 Å². The summed E-state index contributed by atoms with van der Waals surface area (Å²) in [5, 5.41) is 9.49. The Labute approximate surface area is 103 Å². The van der Waals surface area contributed by atoms with Crippen molar-refractivity contribution in [3.8, 4) is 0 Å². The Kier molecular flexibility index (Phi) is 3.77. The van der Waals surface area contributed by atoms with Gasteiger partial charge in [-0.3, -0.25) is 0 Å². The molecule has 2 rings (SSSR count). The van der Waals surface area contributed by atoms with Crippen molar-refractivity contribution in [1.82, 2.24) is 0 Å². The van der Waals surface area contributed by atoms with Gasteiger partial charge in [-0.2, -0.15) is 0 Å². The van der Waals surface area contributed by atoms with Crippen molar-refractivity contribution in [2.45, 2.75) is 31.8 Å². The van der Waals surface area contributed by atoms with Crippen LogP contribution in [0.5, 0.6) is 0 Å². The van der Waals surface area contributed by atoms with Gasteiger partial charge in [-0.15, -0.1) is 0 Å². The van der Waals surface area contributed by atoms with Crippen LogP contribution < -0.4 is 0 Å². The Morgan fingerprint density at radius 3 is 2.94 bits per heavy atom. The van der Waals surface area contributed by atoms with Crippen LogP contribution in [0.15, 0.2) is 34.3 Å². The minimum absolute atomic E-state index is 0.185. The van der Waals surface area contributed by atoms with Crippen LogP contribution in [0.2, 0.25) is 0 Å². The molecule has 0 spiro atoms. The Morgan fingerprint density at radius 2 is 2.25 bits per heavy atom. The molecule has 0 saturated carbocycles. The predicted molar refractivity (Wildman–Crippen MR) is 65.7 cm³/mol. The van der Waals surface area contributed by atoms with E-state index in [1.165, 1.54) is 6.07 Å². The second-order valence-electron chi connectivity index (χ2n) is 4.20. The molecule has 3 heteroatoms. The van der Waals surface area contributed by atoms with E-state index in [9.17, 15) is 9.50 Å². The van der Waals surface area contributed by atoms with Gasteiger partial charge >= 0.3 is 0 Å². The molecule has 1 aliphatic carbocycles. The van der Waals surface area contributed by atoms with Gasteiger partial charge in [0.05, 0.1) is 6.10 Å². The molecule has 0 saturated heterocycles. The van der Waals surface area contributed by atoms with E-state index in [1.54, 1.807) is 6.07 Å². The van der Waals surface area contributed by atoms with E-state index in [0.717, 1.165) is 29.3 Å². The highest BCUT2D eigenvalue weighted by atomic mass is 79.9. The Bertz CT molecular complexity index is 414. The van der Waals surface area contributed by atoms with Crippen molar-refractivity contribution in [1.29, 1.82) is 0 Å². The molecule has 1 unspecified atom stereocenters. The van der Waals surface area contributed by atoms with Crippen LogP contribution in [-0.4, -0.2) is 11.2 Å². The zero-order chi connectivity index (χ0) is 11.5. The highest BCUT2D eigenvalue weighted by Gasteiger charge is 2.12. The molecule has 1 aromatic carbocycles. The number of hydrogen-bond acceptors (Lipinski definition) is 1. The van der Waals surface area contributed by atoms with Crippen molar-refractivity contribution in [3.63, 3.8) is 0 Å². The number of aliphatic hydroxyl groups excluding tert-OH is 1. The summed E-state index contributed by atoms with van der Waals surface area (Å²) in [6.07, 6.45) is 4.91. The Balaban J connectivity index is 2.14. The number of aliphatic hydroxyl groups is 1. The van der Waals surface area contributed by atoms with Gasteiger partial charge in [0.2, 0.25) is 0 Å². The van der Waals surface area contributed by atoms with Gasteiger partial charge in [0.15, 0.2) is 0 Å². The fourth-order valence-electron chi connectivity index (χ4n) is 2.03. The van der Waals surface area contributed by atoms with Crippen LogP contribution in [0.3, 0.4) is 0 Å². The number of halogens is 2. The summed E-state index contributed by atoms with van der Waals surface area (Å²) in [7, 11) is 0. The maximum atomic E-state index is 13.6. The SMILES string of the molecule is OC1C=C(Cc2ccc(Br)cc2F)CCC1. The first kappa shape index (κ1) is 11.8. The molecule has 16 heavy (non-hydrogen) atoms. The second-order valence-corrected chi connectivity index (χ2v) is 5.11. The monoisotopic (exact) mass is 284 g/mol. The van der Waals surface area contributed by atoms with Gasteiger partial charge in [-0.25, -0.2) is 4.39 Å². The highest BCUT2D eigenvalue weighted by Crippen LogP contribution is 2.24. The Hall–Kier alpha value is -0.670. The summed E-state index contributed by atoms with van der Waals surface area (Å²) in [6, 6.07) is 5.12. The lowest BCUT2D eigenvalue weighted by Gasteiger charge is -2.17. The van der Waals surface area contributed by atoms with Crippen LogP contribution in [0, 0.1) is 5.82 Å². The largest absolute Gasteiger partial charge is 0.389 e. The van der Waals surface area contributed by atoms with Crippen molar-refractivity contribution in [2.24, 2.45) is 0 Å². The standard InChI is InChI=1S/C13H14BrFO/c14-11-5-4-10(13(15)8-11)6-9-2-1-3-12(16)7-9/h4-5,7-8,12,16H,1-3,6H2. The summed E-state index contributed by atoms with van der Waals surface area (Å²) in [6.45, 7) is 0. The summed E-state index contributed by atoms with van der Waals surface area (Å²) in [5.74, 6) is -0.185. The lowest BCUT2D eigenvalue weighted by atomic mass is 9.92. The topological polar surface area (TPSA) is 20.2 Å². The number of benzene rings is 1. The molecule has 1 nitrogen and oxygen atoms in total. The molecule has 1 aliphatic rings. The number of rotatable bonds is 2. The molecule has 86 valence electrons. The molecule has 0 fully saturated rings. The van der Waals surface area contributed by atoms with Gasteiger partial charge in [-0.1, -0.05) is 33.6 Å². The van der Waals surface area contributed by atoms with Crippen LogP contribution in [0.4, 0.5) is 4.39 Å². The van der Waals surface area contributed by atoms with Crippen molar-refractivity contribution >= 4 is 15.9 Å². The zero-order valence-electron chi connectivity index (χ0n) is 8.92. The van der Waals surface area contributed by atoms with Crippen LogP contribution in [0.25, 0.3) is 0 Å². The van der Waals surface area contributed by atoms with Crippen molar-refractivity contribution in [2.75, 3.05) is 0 Å². The molecule has 0 heterocycles. The third-order valence-corrected chi connectivity index (χ3v) is 3.35. The number of hydrogen-bond donors (Lipinski definition) is 1. The lowest BCUT2D eigenvalue weighted by molar-refractivity contribution is 0.202. The molecular weight excluding hydrogens is 271 g/mol. The molecule has 0 amide bonds. The van der Waals surface area contributed by atoms with Crippen LogP contribution in [0.1, 0.15) is 24.8 Å². The van der Waals surface area contributed by atoms with Gasteiger partial charge < -0.3 is 5.11 Å². The average Bonchev–Trinajstić information content (AvgIpc) is 2.22. The third-order valence-electron chi connectivity index (χ3n) is 2.86. The first-order valence-electron chi connectivity index (χ1n) is 5.47. The summed E-state index contributed by atoms with van der Waals surface area (Å²) in [4.78, 5) is 0. The minimum Gasteiger partial charge on any atom is -0.389 e. The first-order chi connectivity index (χ1) is 7.65. The fraction of sp³-hybridized carbons (Fsp3) is 0.385. The van der Waals surface area contributed by atoms with Crippen LogP contribution in [-0.2, 0) is 6.42 Å². The molecule has 1 N–H and O–H groups in total. The van der Waals surface area contributed by atoms with Gasteiger partial charge in [0.1, 0.15) is 5.82 Å². The molecule has 0 bridgehead atoms. The molecule has 1 atom stereocenters. The molecule has 0 aromatic heterocycles. The van der Waals surface area contributed by atoms with Gasteiger partial charge in [0.25, 0.3) is 0 Å². The van der Waals surface area contributed by atoms with Gasteiger partial charge in [0, 0.05) is 4.47 Å². The quantitative estimate of drug-likeness (QED) is 0.823. The summed E-state index contributed by atoms with van der Waals surface area (Å²) >= 11 is 3.24. The summed E-state index contributed by atoms with van der Waals surface area (Å²) in [5.41, 5.74) is 1.84. The van der Waals surface area contributed by atoms with E-state index in [4.69, 9.17) is 0 Å². The maximum Gasteiger partial charge on any atom is 0.127 e. The summed E-state index contributed by atoms with van der Waals surface area (Å²) < 4.78 is 14.3. The van der Waals surface area contributed by atoms with E-state index in [-0.39, 0.29) is 11.9 Å². The molecule has 0 radical (unpaired) electrons. The van der Waals surface area contributed by atoms with Crippen LogP contribution >= 0.6 is 15.9 Å². The van der Waals surface area contributed by atoms with E-state index >= 15 is 0 Å². The normalized spacial score (nSPS) is 20.7.